The number of nitrogens with one attached hydrogen (secondary N) is 2. The normalized spacial score (nSPS) is 16.6. The van der Waals surface area contributed by atoms with Crippen LogP contribution in [0.3, 0.4) is 0 Å². The lowest BCUT2D eigenvalue weighted by Crippen LogP contribution is -2.31. The molecule has 0 aliphatic carbocycles. The van der Waals surface area contributed by atoms with Crippen LogP contribution in [0.25, 0.3) is 10.9 Å². The van der Waals surface area contributed by atoms with Gasteiger partial charge in [0.05, 0.1) is 15.9 Å². The molecular formula is C13H15ClN4O. The number of aromatic nitrogens is 2. The number of hydrogen-bond donors (Lipinski definition) is 2. The summed E-state index contributed by atoms with van der Waals surface area (Å²) in [5.74, 6) is 0.628. The van der Waals surface area contributed by atoms with Crippen LogP contribution in [0, 0.1) is 0 Å². The molecule has 19 heavy (non-hydrogen) atoms. The van der Waals surface area contributed by atoms with Gasteiger partial charge in [0.15, 0.2) is 0 Å². The van der Waals surface area contributed by atoms with Crippen molar-refractivity contribution in [1.82, 2.24) is 15.3 Å². The van der Waals surface area contributed by atoms with Crippen LogP contribution in [0.15, 0.2) is 23.0 Å². The van der Waals surface area contributed by atoms with Crippen molar-refractivity contribution >= 4 is 28.5 Å². The fourth-order valence-corrected chi connectivity index (χ4v) is 2.60. The van der Waals surface area contributed by atoms with Crippen molar-refractivity contribution in [2.75, 3.05) is 31.1 Å². The molecule has 0 unspecified atom stereocenters. The van der Waals surface area contributed by atoms with Crippen molar-refractivity contribution in [1.29, 1.82) is 0 Å². The van der Waals surface area contributed by atoms with Crippen molar-refractivity contribution in [3.63, 3.8) is 0 Å². The summed E-state index contributed by atoms with van der Waals surface area (Å²) in [6.07, 6.45) is 1.04. The molecule has 0 radical (unpaired) electrons. The first kappa shape index (κ1) is 12.4. The zero-order valence-corrected chi connectivity index (χ0v) is 11.2. The van der Waals surface area contributed by atoms with Gasteiger partial charge in [0, 0.05) is 19.6 Å². The molecule has 0 amide bonds. The van der Waals surface area contributed by atoms with Gasteiger partial charge in [0.25, 0.3) is 5.56 Å². The van der Waals surface area contributed by atoms with Gasteiger partial charge < -0.3 is 10.2 Å². The van der Waals surface area contributed by atoms with E-state index in [0.717, 1.165) is 32.6 Å². The first-order chi connectivity index (χ1) is 9.25. The molecule has 2 heterocycles. The van der Waals surface area contributed by atoms with Crippen LogP contribution >= 0.6 is 11.6 Å². The largest absolute Gasteiger partial charge is 0.341 e. The minimum Gasteiger partial charge on any atom is -0.341 e. The lowest BCUT2D eigenvalue weighted by molar-refractivity contribution is 0.724. The SMILES string of the molecule is O=c1[nH]c(N2CCCNCC2)nc2cccc(Cl)c12. The van der Waals surface area contributed by atoms with E-state index < -0.39 is 0 Å². The molecule has 0 bridgehead atoms. The molecule has 1 aromatic heterocycles. The fraction of sp³-hybridized carbons (Fsp3) is 0.385. The van der Waals surface area contributed by atoms with E-state index in [1.54, 1.807) is 6.07 Å². The Bertz CT molecular complexity index is 647. The van der Waals surface area contributed by atoms with Gasteiger partial charge in [0.1, 0.15) is 0 Å². The highest BCUT2D eigenvalue weighted by molar-refractivity contribution is 6.35. The highest BCUT2D eigenvalue weighted by atomic mass is 35.5. The molecule has 2 aromatic rings. The molecule has 100 valence electrons. The number of nitrogens with zero attached hydrogens (tertiary/aromatic N) is 2. The van der Waals surface area contributed by atoms with E-state index in [4.69, 9.17) is 11.6 Å². The third-order valence-corrected chi connectivity index (χ3v) is 3.62. The Hall–Kier alpha value is -1.59. The molecule has 1 fully saturated rings. The average molecular weight is 279 g/mol. The molecule has 2 N–H and O–H groups in total. The number of H-pyrrole nitrogens is 1. The van der Waals surface area contributed by atoms with Crippen molar-refractivity contribution in [3.8, 4) is 0 Å². The summed E-state index contributed by atoms with van der Waals surface area (Å²) < 4.78 is 0. The quantitative estimate of drug-likeness (QED) is 0.827. The monoisotopic (exact) mass is 278 g/mol. The summed E-state index contributed by atoms with van der Waals surface area (Å²) in [7, 11) is 0. The maximum atomic E-state index is 12.1. The number of halogens is 1. The second-order valence-corrected chi connectivity index (χ2v) is 5.02. The first-order valence-electron chi connectivity index (χ1n) is 6.40. The summed E-state index contributed by atoms with van der Waals surface area (Å²) in [6, 6.07) is 5.33. The van der Waals surface area contributed by atoms with Gasteiger partial charge in [0.2, 0.25) is 5.95 Å². The molecule has 0 spiro atoms. The van der Waals surface area contributed by atoms with Crippen LogP contribution in [-0.4, -0.2) is 36.1 Å². The van der Waals surface area contributed by atoms with Gasteiger partial charge >= 0.3 is 0 Å². The van der Waals surface area contributed by atoms with Crippen LogP contribution in [-0.2, 0) is 0 Å². The van der Waals surface area contributed by atoms with E-state index in [1.807, 2.05) is 12.1 Å². The zero-order valence-electron chi connectivity index (χ0n) is 10.4. The van der Waals surface area contributed by atoms with Gasteiger partial charge in [-0.15, -0.1) is 0 Å². The van der Waals surface area contributed by atoms with E-state index in [0.29, 0.717) is 21.9 Å². The van der Waals surface area contributed by atoms with E-state index in [2.05, 4.69) is 20.2 Å². The number of benzene rings is 1. The van der Waals surface area contributed by atoms with Gasteiger partial charge in [-0.2, -0.15) is 0 Å². The number of aromatic amines is 1. The van der Waals surface area contributed by atoms with Crippen LogP contribution in [0.2, 0.25) is 5.02 Å². The Kier molecular flexibility index (Phi) is 3.40. The second kappa shape index (κ2) is 5.19. The standard InChI is InChI=1S/C13H15ClN4O/c14-9-3-1-4-10-11(9)12(19)17-13(16-10)18-7-2-5-15-6-8-18/h1,3-4,15H,2,5-8H2,(H,16,17,19). The van der Waals surface area contributed by atoms with Crippen molar-refractivity contribution in [2.24, 2.45) is 0 Å². The number of rotatable bonds is 1. The maximum Gasteiger partial charge on any atom is 0.261 e. The average Bonchev–Trinajstić information content (AvgIpc) is 2.67. The lowest BCUT2D eigenvalue weighted by Gasteiger charge is -2.20. The van der Waals surface area contributed by atoms with E-state index in [1.165, 1.54) is 0 Å². The number of fused-ring (bicyclic) bond motifs is 1. The molecule has 1 aliphatic heterocycles. The van der Waals surface area contributed by atoms with Crippen LogP contribution in [0.5, 0.6) is 0 Å². The Balaban J connectivity index is 2.08. The smallest absolute Gasteiger partial charge is 0.261 e. The predicted molar refractivity (Wildman–Crippen MR) is 77.1 cm³/mol. The molecule has 1 saturated heterocycles. The zero-order chi connectivity index (χ0) is 13.2. The summed E-state index contributed by atoms with van der Waals surface area (Å²) >= 11 is 6.04. The third kappa shape index (κ3) is 2.43. The maximum absolute atomic E-state index is 12.1. The summed E-state index contributed by atoms with van der Waals surface area (Å²) in [5.41, 5.74) is 0.464. The number of hydrogen-bond acceptors (Lipinski definition) is 4. The summed E-state index contributed by atoms with van der Waals surface area (Å²) in [5, 5.41) is 4.22. The topological polar surface area (TPSA) is 61.0 Å². The summed E-state index contributed by atoms with van der Waals surface area (Å²) in [4.78, 5) is 21.6. The van der Waals surface area contributed by atoms with Crippen molar-refractivity contribution < 1.29 is 0 Å². The summed E-state index contributed by atoms with van der Waals surface area (Å²) in [6.45, 7) is 3.63. The van der Waals surface area contributed by atoms with Gasteiger partial charge in [-0.1, -0.05) is 17.7 Å². The third-order valence-electron chi connectivity index (χ3n) is 3.31. The molecule has 0 atom stereocenters. The lowest BCUT2D eigenvalue weighted by atomic mass is 10.2. The number of anilines is 1. The highest BCUT2D eigenvalue weighted by Gasteiger charge is 2.14. The molecule has 6 heteroatoms. The Morgan fingerprint density at radius 2 is 2.16 bits per heavy atom. The van der Waals surface area contributed by atoms with E-state index in [9.17, 15) is 4.79 Å². The molecule has 0 saturated carbocycles. The van der Waals surface area contributed by atoms with Gasteiger partial charge in [-0.05, 0) is 25.1 Å². The Morgan fingerprint density at radius 3 is 3.05 bits per heavy atom. The van der Waals surface area contributed by atoms with Gasteiger partial charge in [-0.3, -0.25) is 9.78 Å². The van der Waals surface area contributed by atoms with Crippen LogP contribution in [0.1, 0.15) is 6.42 Å². The van der Waals surface area contributed by atoms with Crippen LogP contribution in [0.4, 0.5) is 5.95 Å². The molecule has 1 aliphatic rings. The van der Waals surface area contributed by atoms with E-state index >= 15 is 0 Å². The van der Waals surface area contributed by atoms with Crippen molar-refractivity contribution in [2.45, 2.75) is 6.42 Å². The van der Waals surface area contributed by atoms with Gasteiger partial charge in [-0.25, -0.2) is 4.98 Å². The molecule has 3 rings (SSSR count). The van der Waals surface area contributed by atoms with Crippen molar-refractivity contribution in [3.05, 3.63) is 33.6 Å². The molecule has 5 nitrogen and oxygen atoms in total. The Morgan fingerprint density at radius 1 is 1.26 bits per heavy atom. The molecular weight excluding hydrogens is 264 g/mol. The minimum atomic E-state index is -0.178. The fourth-order valence-electron chi connectivity index (χ4n) is 2.34. The highest BCUT2D eigenvalue weighted by Crippen LogP contribution is 2.19. The predicted octanol–water partition coefficient (Wildman–Crippen LogP) is 1.38. The second-order valence-electron chi connectivity index (χ2n) is 4.61. The minimum absolute atomic E-state index is 0.178. The molecule has 1 aromatic carbocycles. The first-order valence-corrected chi connectivity index (χ1v) is 6.78. The van der Waals surface area contributed by atoms with Crippen LogP contribution < -0.4 is 15.8 Å². The Labute approximate surface area is 115 Å². The van der Waals surface area contributed by atoms with E-state index in [-0.39, 0.29) is 5.56 Å².